The molecule has 0 bridgehead atoms. The van der Waals surface area contributed by atoms with Crippen LogP contribution in [0.5, 0.6) is 0 Å². The smallest absolute Gasteiger partial charge is 0.251 e. The lowest BCUT2D eigenvalue weighted by Gasteiger charge is -2.05. The molecule has 0 aliphatic heterocycles. The second kappa shape index (κ2) is 9.08. The molecule has 3 N–H and O–H groups in total. The van der Waals surface area contributed by atoms with E-state index in [9.17, 15) is 9.18 Å². The van der Waals surface area contributed by atoms with E-state index in [2.05, 4.69) is 17.2 Å². The molecule has 0 aliphatic rings. The Kier molecular flexibility index (Phi) is 7.33. The number of hydrogen-bond donors (Lipinski definition) is 2. The summed E-state index contributed by atoms with van der Waals surface area (Å²) in [5.74, 6) is 4.38. The zero-order valence-electron chi connectivity index (χ0n) is 11.5. The molecule has 1 rings (SSSR count). The third-order valence-electron chi connectivity index (χ3n) is 2.62. The molecule has 0 saturated heterocycles. The first kappa shape index (κ1) is 16.2. The zero-order chi connectivity index (χ0) is 14.8. The van der Waals surface area contributed by atoms with Crippen LogP contribution in [0.1, 0.15) is 28.8 Å². The van der Waals surface area contributed by atoms with Gasteiger partial charge in [0.15, 0.2) is 0 Å². The Labute approximate surface area is 118 Å². The van der Waals surface area contributed by atoms with E-state index in [1.54, 1.807) is 13.2 Å². The second-order valence-electron chi connectivity index (χ2n) is 4.16. The number of nitrogens with one attached hydrogen (secondary N) is 1. The Balaban J connectivity index is 2.54. The number of carbonyl (C=O) groups is 1. The van der Waals surface area contributed by atoms with Crippen molar-refractivity contribution in [2.75, 3.05) is 26.8 Å². The standard InChI is InChI=1S/C15H19FN2O2/c1-20-10-3-2-9-18-15(19)13-7-6-12(5-4-8-17)14(16)11-13/h6-7,11H,2-3,8-10,17H2,1H3,(H,18,19). The minimum absolute atomic E-state index is 0.170. The molecule has 0 spiro atoms. The summed E-state index contributed by atoms with van der Waals surface area (Å²) in [4.78, 5) is 11.8. The van der Waals surface area contributed by atoms with Crippen LogP contribution in [0.2, 0.25) is 0 Å². The Morgan fingerprint density at radius 1 is 1.45 bits per heavy atom. The predicted molar refractivity (Wildman–Crippen MR) is 75.8 cm³/mol. The predicted octanol–water partition coefficient (Wildman–Crippen LogP) is 1.29. The van der Waals surface area contributed by atoms with Gasteiger partial charge in [-0.3, -0.25) is 4.79 Å². The highest BCUT2D eigenvalue weighted by Crippen LogP contribution is 2.09. The molecule has 0 heterocycles. The molecule has 20 heavy (non-hydrogen) atoms. The van der Waals surface area contributed by atoms with Crippen molar-refractivity contribution < 1.29 is 13.9 Å². The largest absolute Gasteiger partial charge is 0.385 e. The molecular formula is C15H19FN2O2. The van der Waals surface area contributed by atoms with Crippen molar-refractivity contribution in [3.63, 3.8) is 0 Å². The first-order valence-corrected chi connectivity index (χ1v) is 6.44. The van der Waals surface area contributed by atoms with Gasteiger partial charge >= 0.3 is 0 Å². The van der Waals surface area contributed by atoms with Gasteiger partial charge in [-0.2, -0.15) is 0 Å². The van der Waals surface area contributed by atoms with Gasteiger partial charge in [0.2, 0.25) is 0 Å². The lowest BCUT2D eigenvalue weighted by atomic mass is 10.1. The number of unbranched alkanes of at least 4 members (excludes halogenated alkanes) is 1. The normalized spacial score (nSPS) is 9.75. The minimum atomic E-state index is -0.516. The van der Waals surface area contributed by atoms with Crippen LogP contribution in [0, 0.1) is 17.7 Å². The van der Waals surface area contributed by atoms with Crippen LogP contribution >= 0.6 is 0 Å². The van der Waals surface area contributed by atoms with Gasteiger partial charge in [-0.05, 0) is 31.0 Å². The Morgan fingerprint density at radius 3 is 2.90 bits per heavy atom. The molecule has 1 aromatic carbocycles. The lowest BCUT2D eigenvalue weighted by molar-refractivity contribution is 0.0951. The molecule has 4 nitrogen and oxygen atoms in total. The summed E-state index contributed by atoms with van der Waals surface area (Å²) < 4.78 is 18.6. The lowest BCUT2D eigenvalue weighted by Crippen LogP contribution is -2.24. The first-order chi connectivity index (χ1) is 9.69. The number of halogens is 1. The van der Waals surface area contributed by atoms with Crippen LogP contribution in [0.4, 0.5) is 4.39 Å². The Hall–Kier alpha value is -1.90. The summed E-state index contributed by atoms with van der Waals surface area (Å²) in [7, 11) is 1.64. The molecule has 0 atom stereocenters. The van der Waals surface area contributed by atoms with Crippen molar-refractivity contribution in [2.45, 2.75) is 12.8 Å². The van der Waals surface area contributed by atoms with E-state index in [4.69, 9.17) is 10.5 Å². The van der Waals surface area contributed by atoms with Crippen LogP contribution in [0.25, 0.3) is 0 Å². The number of nitrogens with two attached hydrogens (primary N) is 1. The number of carbonyl (C=O) groups excluding carboxylic acids is 1. The molecule has 0 radical (unpaired) electrons. The Bertz CT molecular complexity index is 506. The van der Waals surface area contributed by atoms with Crippen molar-refractivity contribution in [1.82, 2.24) is 5.32 Å². The molecule has 0 unspecified atom stereocenters. The average Bonchev–Trinajstić information content (AvgIpc) is 2.45. The van der Waals surface area contributed by atoms with Gasteiger partial charge in [-0.15, -0.1) is 0 Å². The number of methoxy groups -OCH3 is 1. The quantitative estimate of drug-likeness (QED) is 0.609. The van der Waals surface area contributed by atoms with E-state index >= 15 is 0 Å². The van der Waals surface area contributed by atoms with Crippen LogP contribution in [0.3, 0.4) is 0 Å². The highest BCUT2D eigenvalue weighted by atomic mass is 19.1. The summed E-state index contributed by atoms with van der Waals surface area (Å²) in [5, 5.41) is 2.73. The Morgan fingerprint density at radius 2 is 2.25 bits per heavy atom. The summed E-state index contributed by atoms with van der Waals surface area (Å²) >= 11 is 0. The number of amides is 1. The molecule has 108 valence electrons. The third kappa shape index (κ3) is 5.39. The molecule has 1 aromatic rings. The fraction of sp³-hybridized carbons (Fsp3) is 0.400. The summed E-state index contributed by atoms with van der Waals surface area (Å²) in [6.07, 6.45) is 1.70. The number of hydrogen-bond acceptors (Lipinski definition) is 3. The van der Waals surface area contributed by atoms with E-state index in [1.807, 2.05) is 0 Å². The average molecular weight is 278 g/mol. The third-order valence-corrected chi connectivity index (χ3v) is 2.62. The molecule has 0 aromatic heterocycles. The number of rotatable bonds is 6. The van der Waals surface area contributed by atoms with Crippen LogP contribution in [0.15, 0.2) is 18.2 Å². The number of ether oxygens (including phenoxy) is 1. The highest BCUT2D eigenvalue weighted by molar-refractivity contribution is 5.94. The van der Waals surface area contributed by atoms with E-state index in [-0.39, 0.29) is 23.6 Å². The van der Waals surface area contributed by atoms with Crippen molar-refractivity contribution >= 4 is 5.91 Å². The zero-order valence-corrected chi connectivity index (χ0v) is 11.5. The first-order valence-electron chi connectivity index (χ1n) is 6.44. The van der Waals surface area contributed by atoms with E-state index in [1.165, 1.54) is 12.1 Å². The summed E-state index contributed by atoms with van der Waals surface area (Å²) in [6, 6.07) is 4.22. The number of benzene rings is 1. The molecule has 5 heteroatoms. The van der Waals surface area contributed by atoms with Crippen molar-refractivity contribution in [3.8, 4) is 11.8 Å². The van der Waals surface area contributed by atoms with Crippen LogP contribution < -0.4 is 11.1 Å². The minimum Gasteiger partial charge on any atom is -0.385 e. The molecule has 0 aliphatic carbocycles. The van der Waals surface area contributed by atoms with E-state index in [0.29, 0.717) is 13.2 Å². The summed E-state index contributed by atoms with van der Waals surface area (Å²) in [6.45, 7) is 1.38. The second-order valence-corrected chi connectivity index (χ2v) is 4.16. The maximum absolute atomic E-state index is 13.7. The fourth-order valence-electron chi connectivity index (χ4n) is 1.58. The van der Waals surface area contributed by atoms with Crippen molar-refractivity contribution in [3.05, 3.63) is 35.1 Å². The highest BCUT2D eigenvalue weighted by Gasteiger charge is 2.08. The van der Waals surface area contributed by atoms with Gasteiger partial charge in [-0.1, -0.05) is 11.8 Å². The maximum Gasteiger partial charge on any atom is 0.251 e. The maximum atomic E-state index is 13.7. The summed E-state index contributed by atoms with van der Waals surface area (Å²) in [5.41, 5.74) is 5.75. The molecular weight excluding hydrogens is 259 g/mol. The van der Waals surface area contributed by atoms with Crippen molar-refractivity contribution in [1.29, 1.82) is 0 Å². The van der Waals surface area contributed by atoms with E-state index < -0.39 is 5.82 Å². The molecule has 1 amide bonds. The van der Waals surface area contributed by atoms with Gasteiger partial charge in [0, 0.05) is 25.8 Å². The fourth-order valence-corrected chi connectivity index (χ4v) is 1.58. The van der Waals surface area contributed by atoms with Gasteiger partial charge in [0.05, 0.1) is 12.1 Å². The van der Waals surface area contributed by atoms with Gasteiger partial charge in [-0.25, -0.2) is 4.39 Å². The van der Waals surface area contributed by atoms with Crippen LogP contribution in [-0.2, 0) is 4.74 Å². The SMILES string of the molecule is COCCCCNC(=O)c1ccc(C#CCN)c(F)c1. The van der Waals surface area contributed by atoms with E-state index in [0.717, 1.165) is 12.8 Å². The topological polar surface area (TPSA) is 64.3 Å². The monoisotopic (exact) mass is 278 g/mol. The van der Waals surface area contributed by atoms with Crippen LogP contribution in [-0.4, -0.2) is 32.7 Å². The molecule has 0 saturated carbocycles. The van der Waals surface area contributed by atoms with Gasteiger partial charge in [0.25, 0.3) is 5.91 Å². The van der Waals surface area contributed by atoms with Gasteiger partial charge in [0.1, 0.15) is 5.82 Å². The molecule has 0 fully saturated rings. The van der Waals surface area contributed by atoms with Crippen molar-refractivity contribution in [2.24, 2.45) is 5.73 Å². The van der Waals surface area contributed by atoms with Gasteiger partial charge < -0.3 is 15.8 Å².